The molecule has 130 valence electrons. The van der Waals surface area contributed by atoms with E-state index in [4.69, 9.17) is 4.74 Å². The summed E-state index contributed by atoms with van der Waals surface area (Å²) < 4.78 is 4.85. The average molecular weight is 339 g/mol. The second-order valence-electron chi connectivity index (χ2n) is 6.06. The van der Waals surface area contributed by atoms with Crippen molar-refractivity contribution in [2.45, 2.75) is 13.8 Å². The Morgan fingerprint density at radius 1 is 1.12 bits per heavy atom. The zero-order chi connectivity index (χ0) is 18.4. The van der Waals surface area contributed by atoms with Crippen molar-refractivity contribution < 1.29 is 19.1 Å². The number of benzene rings is 2. The van der Waals surface area contributed by atoms with E-state index in [1.807, 2.05) is 13.8 Å². The van der Waals surface area contributed by atoms with Gasteiger partial charge < -0.3 is 10.1 Å². The Morgan fingerprint density at radius 2 is 1.84 bits per heavy atom. The number of hydrogen-bond acceptors (Lipinski definition) is 4. The van der Waals surface area contributed by atoms with Gasteiger partial charge in [-0.05, 0) is 29.2 Å². The van der Waals surface area contributed by atoms with Crippen molar-refractivity contribution in [2.24, 2.45) is 5.92 Å². The molecule has 2 aromatic rings. The summed E-state index contributed by atoms with van der Waals surface area (Å²) in [6.45, 7) is 4.54. The predicted molar refractivity (Wildman–Crippen MR) is 95.8 cm³/mol. The second-order valence-corrected chi connectivity index (χ2v) is 6.06. The fourth-order valence-corrected chi connectivity index (χ4v) is 2.44. The van der Waals surface area contributed by atoms with E-state index in [1.54, 1.807) is 36.4 Å². The quantitative estimate of drug-likeness (QED) is 0.647. The van der Waals surface area contributed by atoms with E-state index >= 15 is 0 Å². The first kappa shape index (κ1) is 18.4. The number of rotatable bonds is 6. The van der Waals surface area contributed by atoms with Crippen LogP contribution in [0.5, 0.6) is 0 Å². The van der Waals surface area contributed by atoms with Crippen LogP contribution in [0.15, 0.2) is 42.5 Å². The molecule has 0 aliphatic carbocycles. The van der Waals surface area contributed by atoms with Crippen LogP contribution < -0.4 is 5.32 Å². The summed E-state index contributed by atoms with van der Waals surface area (Å²) in [4.78, 5) is 35.8. The van der Waals surface area contributed by atoms with Crippen LogP contribution >= 0.6 is 0 Å². The molecule has 25 heavy (non-hydrogen) atoms. The van der Waals surface area contributed by atoms with Crippen LogP contribution in [-0.4, -0.2) is 31.8 Å². The minimum absolute atomic E-state index is 0.244. The molecular weight excluding hydrogens is 318 g/mol. The highest BCUT2D eigenvalue weighted by Crippen LogP contribution is 2.28. The molecule has 0 saturated carbocycles. The maximum Gasteiger partial charge on any atom is 0.338 e. The molecule has 0 unspecified atom stereocenters. The van der Waals surface area contributed by atoms with Gasteiger partial charge in [-0.1, -0.05) is 44.2 Å². The fourth-order valence-electron chi connectivity index (χ4n) is 2.44. The van der Waals surface area contributed by atoms with Gasteiger partial charge in [0.2, 0.25) is 0 Å². The first-order chi connectivity index (χ1) is 12.0. The average Bonchev–Trinajstić information content (AvgIpc) is 2.64. The molecule has 1 amide bonds. The molecule has 0 radical (unpaired) electrons. The van der Waals surface area contributed by atoms with Crippen molar-refractivity contribution in [3.8, 4) is 11.1 Å². The summed E-state index contributed by atoms with van der Waals surface area (Å²) in [5, 5.41) is 2.82. The van der Waals surface area contributed by atoms with Gasteiger partial charge in [0, 0.05) is 17.7 Å². The number of carbonyl (C=O) groups excluding carboxylic acids is 3. The smallest absolute Gasteiger partial charge is 0.338 e. The van der Waals surface area contributed by atoms with Gasteiger partial charge in [0.15, 0.2) is 6.29 Å². The van der Waals surface area contributed by atoms with Crippen molar-refractivity contribution in [1.82, 2.24) is 5.32 Å². The summed E-state index contributed by atoms with van der Waals surface area (Å²) in [5.41, 5.74) is 2.24. The number of esters is 1. The van der Waals surface area contributed by atoms with E-state index in [1.165, 1.54) is 13.2 Å². The van der Waals surface area contributed by atoms with E-state index in [0.29, 0.717) is 34.7 Å². The van der Waals surface area contributed by atoms with Crippen molar-refractivity contribution in [1.29, 1.82) is 0 Å². The third kappa shape index (κ3) is 4.32. The summed E-state index contributed by atoms with van der Waals surface area (Å²) in [7, 11) is 1.28. The summed E-state index contributed by atoms with van der Waals surface area (Å²) >= 11 is 0. The molecule has 0 saturated heterocycles. The van der Waals surface area contributed by atoms with Crippen LogP contribution in [0.2, 0.25) is 0 Å². The zero-order valence-corrected chi connectivity index (χ0v) is 14.5. The molecule has 0 aliphatic rings. The minimum Gasteiger partial charge on any atom is -0.465 e. The van der Waals surface area contributed by atoms with Gasteiger partial charge in [-0.3, -0.25) is 9.59 Å². The molecule has 0 spiro atoms. The minimum atomic E-state index is -0.561. The van der Waals surface area contributed by atoms with Gasteiger partial charge in [-0.25, -0.2) is 4.79 Å². The maximum absolute atomic E-state index is 12.3. The lowest BCUT2D eigenvalue weighted by atomic mass is 9.94. The number of hydrogen-bond donors (Lipinski definition) is 1. The van der Waals surface area contributed by atoms with Crippen LogP contribution in [0, 0.1) is 5.92 Å². The van der Waals surface area contributed by atoms with E-state index in [2.05, 4.69) is 5.32 Å². The Hall–Kier alpha value is -2.95. The van der Waals surface area contributed by atoms with E-state index in [-0.39, 0.29) is 11.5 Å². The SMILES string of the molecule is COC(=O)c1cc(C(=O)NCC(C)C)ccc1-c1ccccc1C=O. The van der Waals surface area contributed by atoms with Crippen molar-refractivity contribution >= 4 is 18.2 Å². The number of ether oxygens (including phenoxy) is 1. The number of carbonyl (C=O) groups is 3. The van der Waals surface area contributed by atoms with Crippen LogP contribution in [0.1, 0.15) is 44.9 Å². The molecule has 5 heteroatoms. The third-order valence-corrected chi connectivity index (χ3v) is 3.74. The highest BCUT2D eigenvalue weighted by Gasteiger charge is 2.18. The van der Waals surface area contributed by atoms with Gasteiger partial charge in [-0.2, -0.15) is 0 Å². The first-order valence-corrected chi connectivity index (χ1v) is 8.03. The number of methoxy groups -OCH3 is 1. The number of amides is 1. The molecule has 2 aromatic carbocycles. The Balaban J connectivity index is 2.50. The van der Waals surface area contributed by atoms with E-state index in [0.717, 1.165) is 6.29 Å². The Labute approximate surface area is 147 Å². The van der Waals surface area contributed by atoms with Gasteiger partial charge in [0.25, 0.3) is 5.91 Å². The normalized spacial score (nSPS) is 10.4. The van der Waals surface area contributed by atoms with Gasteiger partial charge in [0.1, 0.15) is 0 Å². The lowest BCUT2D eigenvalue weighted by Crippen LogP contribution is -2.27. The van der Waals surface area contributed by atoms with E-state index in [9.17, 15) is 14.4 Å². The largest absolute Gasteiger partial charge is 0.465 e. The monoisotopic (exact) mass is 339 g/mol. The van der Waals surface area contributed by atoms with Gasteiger partial charge in [-0.15, -0.1) is 0 Å². The Bertz CT molecular complexity index is 796. The first-order valence-electron chi connectivity index (χ1n) is 8.03. The summed E-state index contributed by atoms with van der Waals surface area (Å²) in [6, 6.07) is 11.8. The van der Waals surface area contributed by atoms with Crippen molar-refractivity contribution in [3.63, 3.8) is 0 Å². The molecule has 5 nitrogen and oxygen atoms in total. The number of aldehydes is 1. The molecular formula is C20H21NO4. The molecule has 0 heterocycles. The Kier molecular flexibility index (Phi) is 6.06. The molecule has 0 atom stereocenters. The molecule has 0 bridgehead atoms. The van der Waals surface area contributed by atoms with Crippen molar-refractivity contribution in [2.75, 3.05) is 13.7 Å². The topological polar surface area (TPSA) is 72.5 Å². The van der Waals surface area contributed by atoms with Crippen LogP contribution in [-0.2, 0) is 4.74 Å². The molecule has 0 aromatic heterocycles. The summed E-state index contributed by atoms with van der Waals surface area (Å²) in [6.07, 6.45) is 0.736. The summed E-state index contributed by atoms with van der Waals surface area (Å²) in [5.74, 6) is -0.494. The fraction of sp³-hybridized carbons (Fsp3) is 0.250. The van der Waals surface area contributed by atoms with Crippen LogP contribution in [0.3, 0.4) is 0 Å². The molecule has 0 aliphatic heterocycles. The second kappa shape index (κ2) is 8.24. The lowest BCUT2D eigenvalue weighted by molar-refractivity contribution is 0.0601. The zero-order valence-electron chi connectivity index (χ0n) is 14.5. The third-order valence-electron chi connectivity index (χ3n) is 3.74. The highest BCUT2D eigenvalue weighted by atomic mass is 16.5. The Morgan fingerprint density at radius 3 is 2.48 bits per heavy atom. The molecule has 1 N–H and O–H groups in total. The predicted octanol–water partition coefficient (Wildman–Crippen LogP) is 3.34. The van der Waals surface area contributed by atoms with Crippen LogP contribution in [0.25, 0.3) is 11.1 Å². The van der Waals surface area contributed by atoms with E-state index < -0.39 is 5.97 Å². The maximum atomic E-state index is 12.3. The van der Waals surface area contributed by atoms with Gasteiger partial charge >= 0.3 is 5.97 Å². The standard InChI is InChI=1S/C20H21NO4/c1-13(2)11-21-19(23)14-8-9-17(18(10-14)20(24)25-3)16-7-5-4-6-15(16)12-22/h4-10,12-13H,11H2,1-3H3,(H,21,23). The lowest BCUT2D eigenvalue weighted by Gasteiger charge is -2.13. The molecule has 0 fully saturated rings. The van der Waals surface area contributed by atoms with Gasteiger partial charge in [0.05, 0.1) is 12.7 Å². The highest BCUT2D eigenvalue weighted by molar-refractivity contribution is 6.03. The number of nitrogens with one attached hydrogen (secondary N) is 1. The van der Waals surface area contributed by atoms with Crippen molar-refractivity contribution in [3.05, 3.63) is 59.2 Å². The van der Waals surface area contributed by atoms with Crippen LogP contribution in [0.4, 0.5) is 0 Å². The molecule has 2 rings (SSSR count).